The molecule has 0 aromatic heterocycles. The molecule has 0 unspecified atom stereocenters. The standard InChI is InChI=1S/C9H12N2O3S/c1-11(2)15(13,14)9-6-4-3-5-8(9)7-10-12/h3-7,12H,1-2H3/b10-7+. The maximum atomic E-state index is 11.8. The normalized spacial score (nSPS) is 12.5. The van der Waals surface area contributed by atoms with E-state index in [1.54, 1.807) is 18.2 Å². The number of hydrogen-bond donors (Lipinski definition) is 1. The molecule has 0 aliphatic heterocycles. The van der Waals surface area contributed by atoms with E-state index in [4.69, 9.17) is 5.21 Å². The highest BCUT2D eigenvalue weighted by molar-refractivity contribution is 7.89. The molecule has 0 saturated carbocycles. The van der Waals surface area contributed by atoms with Crippen LogP contribution in [0.2, 0.25) is 0 Å². The van der Waals surface area contributed by atoms with Crippen LogP contribution in [0.4, 0.5) is 0 Å². The summed E-state index contributed by atoms with van der Waals surface area (Å²) in [4.78, 5) is 0.118. The summed E-state index contributed by atoms with van der Waals surface area (Å²) in [7, 11) is -0.606. The fourth-order valence-corrected chi connectivity index (χ4v) is 2.14. The van der Waals surface area contributed by atoms with E-state index in [1.165, 1.54) is 20.2 Å². The van der Waals surface area contributed by atoms with Crippen LogP contribution in [0.3, 0.4) is 0 Å². The number of nitrogens with zero attached hydrogens (tertiary/aromatic N) is 2. The first-order valence-electron chi connectivity index (χ1n) is 4.19. The molecule has 1 aromatic rings. The predicted molar refractivity (Wildman–Crippen MR) is 56.7 cm³/mol. The van der Waals surface area contributed by atoms with Crippen LogP contribution >= 0.6 is 0 Å². The number of oxime groups is 1. The van der Waals surface area contributed by atoms with Crippen molar-refractivity contribution in [2.75, 3.05) is 14.1 Å². The van der Waals surface area contributed by atoms with Gasteiger partial charge in [-0.3, -0.25) is 0 Å². The van der Waals surface area contributed by atoms with Crippen molar-refractivity contribution in [3.05, 3.63) is 29.8 Å². The third kappa shape index (κ3) is 2.34. The Morgan fingerprint density at radius 2 is 1.93 bits per heavy atom. The molecule has 82 valence electrons. The Balaban J connectivity index is 3.38. The molecule has 0 spiro atoms. The summed E-state index contributed by atoms with van der Waals surface area (Å²) in [5.41, 5.74) is 0.355. The van der Waals surface area contributed by atoms with E-state index in [2.05, 4.69) is 5.16 Å². The van der Waals surface area contributed by atoms with E-state index < -0.39 is 10.0 Å². The summed E-state index contributed by atoms with van der Waals surface area (Å²) in [5, 5.41) is 11.2. The van der Waals surface area contributed by atoms with Crippen LogP contribution in [0.1, 0.15) is 5.56 Å². The van der Waals surface area contributed by atoms with Crippen LogP contribution in [-0.2, 0) is 10.0 Å². The Morgan fingerprint density at radius 3 is 2.47 bits per heavy atom. The minimum absolute atomic E-state index is 0.118. The first-order valence-corrected chi connectivity index (χ1v) is 5.63. The van der Waals surface area contributed by atoms with Gasteiger partial charge in [-0.15, -0.1) is 0 Å². The predicted octanol–water partition coefficient (Wildman–Crippen LogP) is 0.745. The molecule has 0 saturated heterocycles. The molecule has 0 fully saturated rings. The van der Waals surface area contributed by atoms with Crippen LogP contribution < -0.4 is 0 Å². The minimum atomic E-state index is -3.50. The maximum Gasteiger partial charge on any atom is 0.243 e. The van der Waals surface area contributed by atoms with Gasteiger partial charge in [0.2, 0.25) is 10.0 Å². The van der Waals surface area contributed by atoms with Crippen LogP contribution in [-0.4, -0.2) is 38.2 Å². The average molecular weight is 228 g/mol. The first kappa shape index (κ1) is 11.7. The van der Waals surface area contributed by atoms with Gasteiger partial charge in [0.25, 0.3) is 0 Å². The molecule has 1 aromatic carbocycles. The van der Waals surface area contributed by atoms with Gasteiger partial charge in [0.15, 0.2) is 0 Å². The van der Waals surface area contributed by atoms with Crippen molar-refractivity contribution in [1.82, 2.24) is 4.31 Å². The molecular weight excluding hydrogens is 216 g/mol. The number of hydrogen-bond acceptors (Lipinski definition) is 4. The number of benzene rings is 1. The lowest BCUT2D eigenvalue weighted by atomic mass is 10.2. The van der Waals surface area contributed by atoms with Crippen LogP contribution in [0.15, 0.2) is 34.3 Å². The Hall–Kier alpha value is -1.40. The van der Waals surface area contributed by atoms with Gasteiger partial charge in [-0.05, 0) is 6.07 Å². The molecule has 0 radical (unpaired) electrons. The highest BCUT2D eigenvalue weighted by Gasteiger charge is 2.19. The summed E-state index contributed by atoms with van der Waals surface area (Å²) in [6.07, 6.45) is 1.09. The second kappa shape index (κ2) is 4.41. The molecule has 0 bridgehead atoms. The molecule has 0 aliphatic rings. The smallest absolute Gasteiger partial charge is 0.243 e. The van der Waals surface area contributed by atoms with Crippen molar-refractivity contribution in [2.45, 2.75) is 4.90 Å². The van der Waals surface area contributed by atoms with Gasteiger partial charge in [-0.2, -0.15) is 0 Å². The highest BCUT2D eigenvalue weighted by Crippen LogP contribution is 2.16. The van der Waals surface area contributed by atoms with Gasteiger partial charge in [-0.1, -0.05) is 23.4 Å². The Morgan fingerprint density at radius 1 is 1.33 bits per heavy atom. The zero-order valence-corrected chi connectivity index (χ0v) is 9.27. The van der Waals surface area contributed by atoms with Crippen molar-refractivity contribution in [3.8, 4) is 0 Å². The van der Waals surface area contributed by atoms with Gasteiger partial charge >= 0.3 is 0 Å². The number of rotatable bonds is 3. The molecule has 0 amide bonds. The summed E-state index contributed by atoms with van der Waals surface area (Å²) >= 11 is 0. The maximum absolute atomic E-state index is 11.8. The largest absolute Gasteiger partial charge is 0.411 e. The lowest BCUT2D eigenvalue weighted by Gasteiger charge is -2.12. The molecule has 5 nitrogen and oxygen atoms in total. The molecule has 0 aliphatic carbocycles. The summed E-state index contributed by atoms with van der Waals surface area (Å²) < 4.78 is 24.7. The Kier molecular flexibility index (Phi) is 3.43. The second-order valence-electron chi connectivity index (χ2n) is 3.07. The Labute approximate surface area is 88.7 Å². The third-order valence-electron chi connectivity index (χ3n) is 1.87. The van der Waals surface area contributed by atoms with Crippen LogP contribution in [0.5, 0.6) is 0 Å². The van der Waals surface area contributed by atoms with E-state index in [9.17, 15) is 8.42 Å². The van der Waals surface area contributed by atoms with Gasteiger partial charge in [-0.25, -0.2) is 12.7 Å². The molecule has 15 heavy (non-hydrogen) atoms. The van der Waals surface area contributed by atoms with E-state index in [0.717, 1.165) is 10.5 Å². The zero-order chi connectivity index (χ0) is 11.5. The summed E-state index contributed by atoms with van der Waals surface area (Å²) in [6, 6.07) is 6.32. The topological polar surface area (TPSA) is 70.0 Å². The molecular formula is C9H12N2O3S. The van der Waals surface area contributed by atoms with Crippen molar-refractivity contribution >= 4 is 16.2 Å². The van der Waals surface area contributed by atoms with Gasteiger partial charge in [0, 0.05) is 19.7 Å². The molecule has 0 heterocycles. The lowest BCUT2D eigenvalue weighted by molar-refractivity contribution is 0.321. The number of sulfonamides is 1. The fraction of sp³-hybridized carbons (Fsp3) is 0.222. The third-order valence-corrected chi connectivity index (χ3v) is 3.76. The van der Waals surface area contributed by atoms with Gasteiger partial charge < -0.3 is 5.21 Å². The van der Waals surface area contributed by atoms with E-state index in [-0.39, 0.29) is 4.90 Å². The molecule has 1 N–H and O–H groups in total. The summed E-state index contributed by atoms with van der Waals surface area (Å²) in [6.45, 7) is 0. The first-order chi connectivity index (χ1) is 7.00. The van der Waals surface area contributed by atoms with Crippen LogP contribution in [0, 0.1) is 0 Å². The highest BCUT2D eigenvalue weighted by atomic mass is 32.2. The van der Waals surface area contributed by atoms with Crippen LogP contribution in [0.25, 0.3) is 0 Å². The van der Waals surface area contributed by atoms with Crippen molar-refractivity contribution < 1.29 is 13.6 Å². The van der Waals surface area contributed by atoms with E-state index in [1.807, 2.05) is 0 Å². The Bertz CT molecular complexity index is 466. The van der Waals surface area contributed by atoms with E-state index in [0.29, 0.717) is 5.56 Å². The fourth-order valence-electron chi connectivity index (χ4n) is 1.08. The molecule has 1 rings (SSSR count). The van der Waals surface area contributed by atoms with E-state index >= 15 is 0 Å². The van der Waals surface area contributed by atoms with Gasteiger partial charge in [0.1, 0.15) is 0 Å². The SMILES string of the molecule is CN(C)S(=O)(=O)c1ccccc1/C=N/O. The second-order valence-corrected chi connectivity index (χ2v) is 5.19. The van der Waals surface area contributed by atoms with Crippen molar-refractivity contribution in [2.24, 2.45) is 5.16 Å². The molecule has 6 heteroatoms. The van der Waals surface area contributed by atoms with Crippen molar-refractivity contribution in [3.63, 3.8) is 0 Å². The summed E-state index contributed by atoms with van der Waals surface area (Å²) in [5.74, 6) is 0. The monoisotopic (exact) mass is 228 g/mol. The lowest BCUT2D eigenvalue weighted by Crippen LogP contribution is -2.23. The minimum Gasteiger partial charge on any atom is -0.411 e. The van der Waals surface area contributed by atoms with Gasteiger partial charge in [0.05, 0.1) is 11.1 Å². The molecule has 0 atom stereocenters. The zero-order valence-electron chi connectivity index (χ0n) is 8.45. The van der Waals surface area contributed by atoms with Crippen molar-refractivity contribution in [1.29, 1.82) is 0 Å². The quantitative estimate of drug-likeness (QED) is 0.471. The average Bonchev–Trinajstić information content (AvgIpc) is 2.18.